The molecule has 0 amide bonds. The maximum Gasteiger partial charge on any atom is 0.176 e. The number of ketones is 1. The molecule has 0 aliphatic rings. The van der Waals surface area contributed by atoms with E-state index in [1.165, 1.54) is 0 Å². The maximum absolute atomic E-state index is 11.5. The average Bonchev–Trinajstić information content (AvgIpc) is 2.34. The van der Waals surface area contributed by atoms with Crippen molar-refractivity contribution in [1.29, 1.82) is 0 Å². The molecule has 0 heterocycles. The molecule has 0 aromatic heterocycles. The van der Waals surface area contributed by atoms with Crippen molar-refractivity contribution in [3.8, 4) is 0 Å². The van der Waals surface area contributed by atoms with Crippen molar-refractivity contribution in [2.75, 3.05) is 26.4 Å². The zero-order valence-corrected chi connectivity index (χ0v) is 11.9. The zero-order chi connectivity index (χ0) is 13.8. The van der Waals surface area contributed by atoms with Gasteiger partial charge < -0.3 is 10.6 Å². The fourth-order valence-electron chi connectivity index (χ4n) is 1.05. The standard InChI is InChI=1S/C10H14N2O.2C2H6/c1-12(2)7-10(13)8-3-5-9(11)6-4-8;2*1-2/h3-6H,7,11H2,1-2H3;2*1-2H3. The van der Waals surface area contributed by atoms with Crippen LogP contribution in [0.15, 0.2) is 24.3 Å². The quantitative estimate of drug-likeness (QED) is 0.650. The molecule has 0 atom stereocenters. The van der Waals surface area contributed by atoms with Crippen LogP contribution in [0.1, 0.15) is 38.1 Å². The molecular formula is C14H26N2O. The number of carbonyl (C=O) groups is 1. The highest BCUT2D eigenvalue weighted by atomic mass is 16.1. The van der Waals surface area contributed by atoms with E-state index in [9.17, 15) is 4.79 Å². The normalized spacial score (nSPS) is 8.65. The monoisotopic (exact) mass is 238 g/mol. The fraction of sp³-hybridized carbons (Fsp3) is 0.500. The molecule has 0 fully saturated rings. The number of likely N-dealkylation sites (N-methyl/N-ethyl adjacent to an activating group) is 1. The van der Waals surface area contributed by atoms with E-state index in [0.29, 0.717) is 17.8 Å². The minimum Gasteiger partial charge on any atom is -0.399 e. The van der Waals surface area contributed by atoms with Gasteiger partial charge in [-0.05, 0) is 38.4 Å². The molecule has 0 spiro atoms. The number of nitrogens with two attached hydrogens (primary N) is 1. The van der Waals surface area contributed by atoms with Gasteiger partial charge in [0.05, 0.1) is 6.54 Å². The topological polar surface area (TPSA) is 46.3 Å². The minimum atomic E-state index is 0.116. The first-order valence-electron chi connectivity index (χ1n) is 6.13. The van der Waals surface area contributed by atoms with Crippen LogP contribution in [-0.2, 0) is 0 Å². The molecule has 0 unspecified atom stereocenters. The Bertz CT molecular complexity index is 292. The second-order valence-corrected chi connectivity index (χ2v) is 3.28. The number of nitrogens with zero attached hydrogens (tertiary/aromatic N) is 1. The van der Waals surface area contributed by atoms with E-state index in [4.69, 9.17) is 5.73 Å². The van der Waals surface area contributed by atoms with Crippen LogP contribution < -0.4 is 5.73 Å². The van der Waals surface area contributed by atoms with Crippen LogP contribution in [0.25, 0.3) is 0 Å². The van der Waals surface area contributed by atoms with Gasteiger partial charge >= 0.3 is 0 Å². The minimum absolute atomic E-state index is 0.116. The molecule has 0 saturated carbocycles. The third kappa shape index (κ3) is 8.46. The zero-order valence-electron chi connectivity index (χ0n) is 11.9. The number of rotatable bonds is 3. The molecule has 0 bridgehead atoms. The van der Waals surface area contributed by atoms with Gasteiger partial charge in [-0.2, -0.15) is 0 Å². The lowest BCUT2D eigenvalue weighted by Crippen LogP contribution is -2.21. The van der Waals surface area contributed by atoms with Gasteiger partial charge in [-0.25, -0.2) is 0 Å². The molecule has 0 aliphatic carbocycles. The van der Waals surface area contributed by atoms with Crippen LogP contribution in [0.5, 0.6) is 0 Å². The Morgan fingerprint density at radius 3 is 1.82 bits per heavy atom. The molecule has 0 saturated heterocycles. The second-order valence-electron chi connectivity index (χ2n) is 3.28. The largest absolute Gasteiger partial charge is 0.399 e. The number of hydrogen-bond donors (Lipinski definition) is 1. The van der Waals surface area contributed by atoms with Crippen molar-refractivity contribution in [3.63, 3.8) is 0 Å². The smallest absolute Gasteiger partial charge is 0.176 e. The Morgan fingerprint density at radius 1 is 1.06 bits per heavy atom. The van der Waals surface area contributed by atoms with Crippen LogP contribution in [0.3, 0.4) is 0 Å². The molecule has 2 N–H and O–H groups in total. The van der Waals surface area contributed by atoms with E-state index in [2.05, 4.69) is 0 Å². The van der Waals surface area contributed by atoms with E-state index in [-0.39, 0.29) is 5.78 Å². The third-order valence-electron chi connectivity index (χ3n) is 1.69. The molecule has 3 nitrogen and oxygen atoms in total. The second kappa shape index (κ2) is 11.1. The fourth-order valence-corrected chi connectivity index (χ4v) is 1.05. The molecule has 0 radical (unpaired) electrons. The van der Waals surface area contributed by atoms with Gasteiger partial charge in [-0.3, -0.25) is 4.79 Å². The molecule has 0 aliphatic heterocycles. The highest BCUT2D eigenvalue weighted by molar-refractivity contribution is 5.97. The van der Waals surface area contributed by atoms with E-state index < -0.39 is 0 Å². The third-order valence-corrected chi connectivity index (χ3v) is 1.69. The summed E-state index contributed by atoms with van der Waals surface area (Å²) in [5, 5.41) is 0. The van der Waals surface area contributed by atoms with Gasteiger partial charge in [-0.1, -0.05) is 27.7 Å². The van der Waals surface area contributed by atoms with Crippen molar-refractivity contribution in [3.05, 3.63) is 29.8 Å². The lowest BCUT2D eigenvalue weighted by molar-refractivity contribution is 0.0958. The van der Waals surface area contributed by atoms with Crippen molar-refractivity contribution < 1.29 is 4.79 Å². The number of anilines is 1. The summed E-state index contributed by atoms with van der Waals surface area (Å²) < 4.78 is 0. The summed E-state index contributed by atoms with van der Waals surface area (Å²) >= 11 is 0. The predicted molar refractivity (Wildman–Crippen MR) is 76.4 cm³/mol. The molecule has 1 rings (SSSR count). The van der Waals surface area contributed by atoms with Gasteiger partial charge in [0.2, 0.25) is 0 Å². The Labute approximate surface area is 106 Å². The Kier molecular flexibility index (Phi) is 11.8. The van der Waals surface area contributed by atoms with Gasteiger partial charge in [-0.15, -0.1) is 0 Å². The van der Waals surface area contributed by atoms with Crippen molar-refractivity contribution in [2.45, 2.75) is 27.7 Å². The van der Waals surface area contributed by atoms with E-state index in [1.54, 1.807) is 24.3 Å². The summed E-state index contributed by atoms with van der Waals surface area (Å²) in [5.74, 6) is 0.116. The molecule has 3 heteroatoms. The van der Waals surface area contributed by atoms with E-state index >= 15 is 0 Å². The highest BCUT2D eigenvalue weighted by Gasteiger charge is 2.05. The van der Waals surface area contributed by atoms with E-state index in [1.807, 2.05) is 46.7 Å². The van der Waals surface area contributed by atoms with Gasteiger partial charge in [0.1, 0.15) is 0 Å². The first-order valence-corrected chi connectivity index (χ1v) is 6.13. The molecule has 98 valence electrons. The van der Waals surface area contributed by atoms with Crippen LogP contribution in [-0.4, -0.2) is 31.3 Å². The Morgan fingerprint density at radius 2 is 1.47 bits per heavy atom. The number of hydrogen-bond acceptors (Lipinski definition) is 3. The lowest BCUT2D eigenvalue weighted by Gasteiger charge is -2.07. The maximum atomic E-state index is 11.5. The summed E-state index contributed by atoms with van der Waals surface area (Å²) in [7, 11) is 3.74. The summed E-state index contributed by atoms with van der Waals surface area (Å²) in [6.07, 6.45) is 0. The molecular weight excluding hydrogens is 212 g/mol. The SMILES string of the molecule is CC.CC.CN(C)CC(=O)c1ccc(N)cc1. The summed E-state index contributed by atoms with van der Waals surface area (Å²) in [5.41, 5.74) is 6.90. The first-order chi connectivity index (χ1) is 8.09. The molecule has 1 aromatic carbocycles. The van der Waals surface area contributed by atoms with Crippen molar-refractivity contribution >= 4 is 11.5 Å². The molecule has 1 aromatic rings. The average molecular weight is 238 g/mol. The summed E-state index contributed by atoms with van der Waals surface area (Å²) in [6.45, 7) is 8.43. The van der Waals surface area contributed by atoms with Gasteiger partial charge in [0.25, 0.3) is 0 Å². The van der Waals surface area contributed by atoms with Crippen LogP contribution in [0.4, 0.5) is 5.69 Å². The number of Topliss-reactive ketones (excluding diaryl/α,β-unsaturated/α-hetero) is 1. The van der Waals surface area contributed by atoms with Gasteiger partial charge in [0.15, 0.2) is 5.78 Å². The summed E-state index contributed by atoms with van der Waals surface area (Å²) in [4.78, 5) is 13.3. The van der Waals surface area contributed by atoms with Crippen molar-refractivity contribution in [1.82, 2.24) is 4.90 Å². The van der Waals surface area contributed by atoms with Crippen LogP contribution >= 0.6 is 0 Å². The number of nitrogen functional groups attached to an aromatic ring is 1. The van der Waals surface area contributed by atoms with E-state index in [0.717, 1.165) is 0 Å². The number of carbonyl (C=O) groups excluding carboxylic acids is 1. The first kappa shape index (κ1) is 18.0. The van der Waals surface area contributed by atoms with Crippen LogP contribution in [0.2, 0.25) is 0 Å². The van der Waals surface area contributed by atoms with Crippen molar-refractivity contribution in [2.24, 2.45) is 0 Å². The lowest BCUT2D eigenvalue weighted by atomic mass is 10.1. The Balaban J connectivity index is 0. The number of benzene rings is 1. The predicted octanol–water partition coefficient (Wildman–Crippen LogP) is 3.07. The van der Waals surface area contributed by atoms with Gasteiger partial charge in [0, 0.05) is 11.3 Å². The highest BCUT2D eigenvalue weighted by Crippen LogP contribution is 2.06. The molecule has 17 heavy (non-hydrogen) atoms. The Hall–Kier alpha value is -1.35. The van der Waals surface area contributed by atoms with Crippen LogP contribution in [0, 0.1) is 0 Å². The summed E-state index contributed by atoms with van der Waals surface area (Å²) in [6, 6.07) is 6.98.